The van der Waals surface area contributed by atoms with E-state index in [2.05, 4.69) is 37.7 Å². The fraction of sp³-hybridized carbons (Fsp3) is 0.700. The molecule has 0 spiro atoms. The van der Waals surface area contributed by atoms with Crippen LogP contribution in [0.4, 0.5) is 0 Å². The summed E-state index contributed by atoms with van der Waals surface area (Å²) in [7, 11) is 0. The van der Waals surface area contributed by atoms with Crippen molar-refractivity contribution in [2.45, 2.75) is 26.3 Å². The predicted molar refractivity (Wildman–Crippen MR) is 60.3 cm³/mol. The maximum absolute atomic E-state index is 4.28. The van der Waals surface area contributed by atoms with Gasteiger partial charge in [0, 0.05) is 6.54 Å². The number of halogens is 1. The Kier molecular flexibility index (Phi) is 3.23. The standard InChI is InChI=1S/C10H16BrN3/c1-8-13-6-10(11)14(8)7-9-2-4-12-5-3-9/h6,9,12H,2-5,7H2,1H3. The minimum Gasteiger partial charge on any atom is -0.323 e. The van der Waals surface area contributed by atoms with E-state index in [0.29, 0.717) is 0 Å². The van der Waals surface area contributed by atoms with Gasteiger partial charge >= 0.3 is 0 Å². The normalized spacial score (nSPS) is 18.7. The molecule has 0 atom stereocenters. The van der Waals surface area contributed by atoms with E-state index in [4.69, 9.17) is 0 Å². The molecule has 78 valence electrons. The molecule has 2 rings (SSSR count). The number of aryl methyl sites for hydroxylation is 1. The van der Waals surface area contributed by atoms with Crippen molar-refractivity contribution < 1.29 is 0 Å². The van der Waals surface area contributed by atoms with Crippen LogP contribution in [-0.2, 0) is 6.54 Å². The zero-order chi connectivity index (χ0) is 9.97. The Balaban J connectivity index is 2.02. The van der Waals surface area contributed by atoms with Gasteiger partial charge in [-0.15, -0.1) is 0 Å². The van der Waals surface area contributed by atoms with Crippen LogP contribution in [0, 0.1) is 12.8 Å². The Bertz CT molecular complexity index is 283. The number of imidazole rings is 1. The Morgan fingerprint density at radius 1 is 1.57 bits per heavy atom. The first-order valence-corrected chi connectivity index (χ1v) is 5.95. The van der Waals surface area contributed by atoms with Crippen molar-refractivity contribution in [1.82, 2.24) is 14.9 Å². The second kappa shape index (κ2) is 4.45. The second-order valence-corrected chi connectivity index (χ2v) is 4.74. The van der Waals surface area contributed by atoms with Gasteiger partial charge in [-0.3, -0.25) is 0 Å². The fourth-order valence-electron chi connectivity index (χ4n) is 1.98. The molecule has 14 heavy (non-hydrogen) atoms. The van der Waals surface area contributed by atoms with Gasteiger partial charge in [-0.2, -0.15) is 0 Å². The average molecular weight is 258 g/mol. The Morgan fingerprint density at radius 2 is 2.29 bits per heavy atom. The van der Waals surface area contributed by atoms with Crippen molar-refractivity contribution in [2.75, 3.05) is 13.1 Å². The highest BCUT2D eigenvalue weighted by Crippen LogP contribution is 2.19. The van der Waals surface area contributed by atoms with Crippen LogP contribution in [0.5, 0.6) is 0 Å². The molecule has 0 amide bonds. The zero-order valence-corrected chi connectivity index (χ0v) is 10.0. The number of nitrogens with zero attached hydrogens (tertiary/aromatic N) is 2. The van der Waals surface area contributed by atoms with Gasteiger partial charge in [0.25, 0.3) is 0 Å². The van der Waals surface area contributed by atoms with Crippen molar-refractivity contribution in [3.05, 3.63) is 16.6 Å². The zero-order valence-electron chi connectivity index (χ0n) is 8.46. The summed E-state index contributed by atoms with van der Waals surface area (Å²) in [5.41, 5.74) is 0. The van der Waals surface area contributed by atoms with E-state index >= 15 is 0 Å². The summed E-state index contributed by atoms with van der Waals surface area (Å²) in [5.74, 6) is 1.91. The Labute approximate surface area is 93.0 Å². The smallest absolute Gasteiger partial charge is 0.106 e. The molecule has 1 fully saturated rings. The molecule has 0 saturated carbocycles. The van der Waals surface area contributed by atoms with E-state index in [1.165, 1.54) is 12.8 Å². The van der Waals surface area contributed by atoms with Crippen LogP contribution in [0.2, 0.25) is 0 Å². The van der Waals surface area contributed by atoms with Gasteiger partial charge in [-0.05, 0) is 54.7 Å². The third-order valence-electron chi connectivity index (χ3n) is 2.91. The summed E-state index contributed by atoms with van der Waals surface area (Å²) in [6.07, 6.45) is 4.45. The minimum atomic E-state index is 0.806. The summed E-state index contributed by atoms with van der Waals surface area (Å²) in [6.45, 7) is 5.49. The summed E-state index contributed by atoms with van der Waals surface area (Å²) < 4.78 is 3.37. The molecule has 0 bridgehead atoms. The van der Waals surface area contributed by atoms with E-state index in [1.807, 2.05) is 6.20 Å². The predicted octanol–water partition coefficient (Wildman–Crippen LogP) is 1.95. The largest absolute Gasteiger partial charge is 0.323 e. The van der Waals surface area contributed by atoms with Crippen LogP contribution in [-0.4, -0.2) is 22.6 Å². The number of piperidine rings is 1. The van der Waals surface area contributed by atoms with Gasteiger partial charge < -0.3 is 9.88 Å². The highest BCUT2D eigenvalue weighted by molar-refractivity contribution is 9.10. The SMILES string of the molecule is Cc1ncc(Br)n1CC1CCNCC1. The molecule has 1 aliphatic rings. The maximum Gasteiger partial charge on any atom is 0.106 e. The second-order valence-electron chi connectivity index (χ2n) is 3.93. The molecule has 4 heteroatoms. The number of hydrogen-bond donors (Lipinski definition) is 1. The van der Waals surface area contributed by atoms with Gasteiger partial charge in [0.2, 0.25) is 0 Å². The Hall–Kier alpha value is -0.350. The van der Waals surface area contributed by atoms with Gasteiger partial charge in [0.05, 0.1) is 6.20 Å². The van der Waals surface area contributed by atoms with Crippen LogP contribution < -0.4 is 5.32 Å². The minimum absolute atomic E-state index is 0.806. The van der Waals surface area contributed by atoms with E-state index in [1.54, 1.807) is 0 Å². The van der Waals surface area contributed by atoms with Gasteiger partial charge in [-0.1, -0.05) is 0 Å². The molecule has 1 aliphatic heterocycles. The maximum atomic E-state index is 4.28. The molecule has 0 radical (unpaired) electrons. The van der Waals surface area contributed by atoms with Crippen molar-refractivity contribution in [1.29, 1.82) is 0 Å². The van der Waals surface area contributed by atoms with E-state index in [-0.39, 0.29) is 0 Å². The lowest BCUT2D eigenvalue weighted by molar-refractivity contribution is 0.329. The molecule has 2 heterocycles. The third kappa shape index (κ3) is 2.17. The molecule has 1 saturated heterocycles. The molecule has 3 nitrogen and oxygen atoms in total. The number of aromatic nitrogens is 2. The molecule has 1 N–H and O–H groups in total. The average Bonchev–Trinajstić information content (AvgIpc) is 2.51. The van der Waals surface area contributed by atoms with Crippen molar-refractivity contribution in [3.63, 3.8) is 0 Å². The first-order chi connectivity index (χ1) is 6.77. The van der Waals surface area contributed by atoms with Crippen LogP contribution >= 0.6 is 15.9 Å². The molecule has 0 aromatic carbocycles. The molecule has 1 aromatic heterocycles. The molecule has 0 unspecified atom stereocenters. The lowest BCUT2D eigenvalue weighted by Gasteiger charge is -2.23. The van der Waals surface area contributed by atoms with Gasteiger partial charge in [0.1, 0.15) is 10.4 Å². The van der Waals surface area contributed by atoms with Crippen molar-refractivity contribution in [3.8, 4) is 0 Å². The molecular weight excluding hydrogens is 242 g/mol. The fourth-order valence-corrected chi connectivity index (χ4v) is 2.49. The number of hydrogen-bond acceptors (Lipinski definition) is 2. The van der Waals surface area contributed by atoms with Crippen molar-refractivity contribution in [2.24, 2.45) is 5.92 Å². The van der Waals surface area contributed by atoms with E-state index in [0.717, 1.165) is 36.0 Å². The van der Waals surface area contributed by atoms with Crippen LogP contribution in [0.25, 0.3) is 0 Å². The van der Waals surface area contributed by atoms with E-state index < -0.39 is 0 Å². The molecular formula is C10H16BrN3. The first-order valence-electron chi connectivity index (χ1n) is 5.15. The topological polar surface area (TPSA) is 29.9 Å². The first kappa shape index (κ1) is 10.2. The number of nitrogens with one attached hydrogen (secondary N) is 1. The van der Waals surface area contributed by atoms with Gasteiger partial charge in [-0.25, -0.2) is 4.98 Å². The molecule has 0 aliphatic carbocycles. The molecule has 1 aromatic rings. The Morgan fingerprint density at radius 3 is 2.86 bits per heavy atom. The summed E-state index contributed by atoms with van der Waals surface area (Å²) >= 11 is 3.53. The third-order valence-corrected chi connectivity index (χ3v) is 3.54. The lowest BCUT2D eigenvalue weighted by Crippen LogP contribution is -2.30. The number of rotatable bonds is 2. The van der Waals surface area contributed by atoms with Crippen molar-refractivity contribution >= 4 is 15.9 Å². The lowest BCUT2D eigenvalue weighted by atomic mass is 9.98. The summed E-state index contributed by atoms with van der Waals surface area (Å²) in [4.78, 5) is 4.28. The monoisotopic (exact) mass is 257 g/mol. The van der Waals surface area contributed by atoms with Gasteiger partial charge in [0.15, 0.2) is 0 Å². The van der Waals surface area contributed by atoms with E-state index in [9.17, 15) is 0 Å². The van der Waals surface area contributed by atoms with Crippen LogP contribution in [0.3, 0.4) is 0 Å². The quantitative estimate of drug-likeness (QED) is 0.878. The highest BCUT2D eigenvalue weighted by Gasteiger charge is 2.15. The van der Waals surface area contributed by atoms with Crippen LogP contribution in [0.1, 0.15) is 18.7 Å². The highest BCUT2D eigenvalue weighted by atomic mass is 79.9. The summed E-state index contributed by atoms with van der Waals surface area (Å²) in [6, 6.07) is 0. The van der Waals surface area contributed by atoms with Crippen LogP contribution in [0.15, 0.2) is 10.8 Å². The summed E-state index contributed by atoms with van der Waals surface area (Å²) in [5, 5.41) is 3.39.